The molecule has 1 aromatic rings. The van der Waals surface area contributed by atoms with Gasteiger partial charge in [-0.05, 0) is 30.7 Å². The molecule has 2 N–H and O–H groups in total. The quantitative estimate of drug-likeness (QED) is 0.806. The molecule has 0 aliphatic carbocycles. The first-order valence-electron chi connectivity index (χ1n) is 5.26. The van der Waals surface area contributed by atoms with Crippen molar-refractivity contribution in [3.05, 3.63) is 24.3 Å². The standard InChI is InChI=1S/C12H15N3O/c1-16-11-4-2-10(3-5-11)15-7-6-12(14,8-13)9-15/h2-5H,6-7,9,14H2,1H3. The Labute approximate surface area is 95.2 Å². The van der Waals surface area contributed by atoms with Gasteiger partial charge in [-0.2, -0.15) is 5.26 Å². The predicted octanol–water partition coefficient (Wildman–Crippen LogP) is 1.13. The summed E-state index contributed by atoms with van der Waals surface area (Å²) in [6.45, 7) is 1.42. The van der Waals surface area contributed by atoms with Gasteiger partial charge in [0, 0.05) is 18.8 Å². The van der Waals surface area contributed by atoms with Gasteiger partial charge in [0.15, 0.2) is 0 Å². The summed E-state index contributed by atoms with van der Waals surface area (Å²) in [5, 5.41) is 8.95. The van der Waals surface area contributed by atoms with Gasteiger partial charge in [-0.25, -0.2) is 0 Å². The topological polar surface area (TPSA) is 62.3 Å². The Morgan fingerprint density at radius 2 is 2.12 bits per heavy atom. The number of nitrogens with zero attached hydrogens (tertiary/aromatic N) is 2. The minimum absolute atomic E-state index is 0.593. The van der Waals surface area contributed by atoms with Crippen LogP contribution in [-0.2, 0) is 0 Å². The van der Waals surface area contributed by atoms with E-state index in [-0.39, 0.29) is 0 Å². The molecule has 4 heteroatoms. The first-order valence-corrected chi connectivity index (χ1v) is 5.26. The van der Waals surface area contributed by atoms with Crippen LogP contribution >= 0.6 is 0 Å². The van der Waals surface area contributed by atoms with Gasteiger partial charge in [0.2, 0.25) is 0 Å². The zero-order valence-corrected chi connectivity index (χ0v) is 9.31. The number of anilines is 1. The van der Waals surface area contributed by atoms with Gasteiger partial charge >= 0.3 is 0 Å². The summed E-state index contributed by atoms with van der Waals surface area (Å²) in [6, 6.07) is 9.98. The number of methoxy groups -OCH3 is 1. The molecule has 1 aliphatic heterocycles. The molecule has 4 nitrogen and oxygen atoms in total. The van der Waals surface area contributed by atoms with Crippen molar-refractivity contribution in [2.75, 3.05) is 25.1 Å². The number of hydrogen-bond acceptors (Lipinski definition) is 4. The lowest BCUT2D eigenvalue weighted by atomic mass is 10.0. The Bertz CT molecular complexity index is 409. The average molecular weight is 217 g/mol. The summed E-state index contributed by atoms with van der Waals surface area (Å²) in [5.74, 6) is 0.835. The smallest absolute Gasteiger partial charge is 0.123 e. The largest absolute Gasteiger partial charge is 0.497 e. The van der Waals surface area contributed by atoms with Crippen LogP contribution in [0, 0.1) is 11.3 Å². The van der Waals surface area contributed by atoms with Crippen molar-refractivity contribution in [2.24, 2.45) is 5.73 Å². The second-order valence-corrected chi connectivity index (χ2v) is 4.14. The molecule has 1 unspecified atom stereocenters. The Morgan fingerprint density at radius 1 is 1.44 bits per heavy atom. The van der Waals surface area contributed by atoms with Crippen LogP contribution in [0.1, 0.15) is 6.42 Å². The van der Waals surface area contributed by atoms with Crippen molar-refractivity contribution < 1.29 is 4.74 Å². The third-order valence-electron chi connectivity index (χ3n) is 2.96. The Balaban J connectivity index is 2.12. The van der Waals surface area contributed by atoms with Crippen LogP contribution in [0.5, 0.6) is 5.75 Å². The van der Waals surface area contributed by atoms with E-state index >= 15 is 0 Å². The van der Waals surface area contributed by atoms with E-state index in [0.29, 0.717) is 6.54 Å². The number of nitriles is 1. The molecule has 0 bridgehead atoms. The molecule has 1 heterocycles. The molecular formula is C12H15N3O. The minimum atomic E-state index is -0.695. The van der Waals surface area contributed by atoms with Crippen molar-refractivity contribution in [3.8, 4) is 11.8 Å². The van der Waals surface area contributed by atoms with Crippen LogP contribution in [0.2, 0.25) is 0 Å². The summed E-state index contributed by atoms with van der Waals surface area (Å²) < 4.78 is 5.10. The zero-order valence-electron chi connectivity index (χ0n) is 9.31. The molecule has 1 saturated heterocycles. The van der Waals surface area contributed by atoms with Gasteiger partial charge in [-0.15, -0.1) is 0 Å². The summed E-state index contributed by atoms with van der Waals surface area (Å²) in [6.07, 6.45) is 0.718. The molecule has 0 amide bonds. The predicted molar refractivity (Wildman–Crippen MR) is 62.4 cm³/mol. The van der Waals surface area contributed by atoms with E-state index in [4.69, 9.17) is 15.7 Å². The zero-order chi connectivity index (χ0) is 11.6. The maximum Gasteiger partial charge on any atom is 0.123 e. The monoisotopic (exact) mass is 217 g/mol. The Morgan fingerprint density at radius 3 is 2.62 bits per heavy atom. The second kappa shape index (κ2) is 4.03. The van der Waals surface area contributed by atoms with Gasteiger partial charge in [0.05, 0.1) is 13.2 Å². The molecule has 0 aromatic heterocycles. The van der Waals surface area contributed by atoms with Crippen LogP contribution in [0.4, 0.5) is 5.69 Å². The van der Waals surface area contributed by atoms with E-state index in [1.165, 1.54) is 0 Å². The summed E-state index contributed by atoms with van der Waals surface area (Å²) in [7, 11) is 1.64. The van der Waals surface area contributed by atoms with E-state index in [0.717, 1.165) is 24.4 Å². The van der Waals surface area contributed by atoms with Gasteiger partial charge in [-0.3, -0.25) is 0 Å². The molecule has 84 valence electrons. The minimum Gasteiger partial charge on any atom is -0.497 e. The van der Waals surface area contributed by atoms with Crippen LogP contribution in [0.3, 0.4) is 0 Å². The van der Waals surface area contributed by atoms with Gasteiger partial charge in [0.25, 0.3) is 0 Å². The molecule has 0 saturated carbocycles. The molecular weight excluding hydrogens is 202 g/mol. The summed E-state index contributed by atoms with van der Waals surface area (Å²) >= 11 is 0. The normalized spacial score (nSPS) is 24.2. The molecule has 2 rings (SSSR count). The van der Waals surface area contributed by atoms with Gasteiger partial charge < -0.3 is 15.4 Å². The van der Waals surface area contributed by atoms with E-state index < -0.39 is 5.54 Å². The maximum absolute atomic E-state index is 8.95. The first kappa shape index (κ1) is 10.8. The molecule has 0 spiro atoms. The fraction of sp³-hybridized carbons (Fsp3) is 0.417. The maximum atomic E-state index is 8.95. The van der Waals surface area contributed by atoms with E-state index in [1.54, 1.807) is 7.11 Å². The number of benzene rings is 1. The molecule has 1 atom stereocenters. The van der Waals surface area contributed by atoms with Crippen molar-refractivity contribution in [3.63, 3.8) is 0 Å². The third kappa shape index (κ3) is 1.95. The lowest BCUT2D eigenvalue weighted by molar-refractivity contribution is 0.415. The Kier molecular flexibility index (Phi) is 2.71. The van der Waals surface area contributed by atoms with E-state index in [2.05, 4.69) is 11.0 Å². The molecule has 16 heavy (non-hydrogen) atoms. The van der Waals surface area contributed by atoms with Crippen LogP contribution < -0.4 is 15.4 Å². The van der Waals surface area contributed by atoms with Crippen molar-refractivity contribution in [1.29, 1.82) is 5.26 Å². The number of hydrogen-bond donors (Lipinski definition) is 1. The van der Waals surface area contributed by atoms with E-state index in [1.807, 2.05) is 24.3 Å². The van der Waals surface area contributed by atoms with Crippen molar-refractivity contribution in [1.82, 2.24) is 0 Å². The highest BCUT2D eigenvalue weighted by Crippen LogP contribution is 2.26. The SMILES string of the molecule is COc1ccc(N2CCC(N)(C#N)C2)cc1. The second-order valence-electron chi connectivity index (χ2n) is 4.14. The van der Waals surface area contributed by atoms with Crippen LogP contribution in [-0.4, -0.2) is 25.7 Å². The average Bonchev–Trinajstić information content (AvgIpc) is 2.73. The van der Waals surface area contributed by atoms with Crippen molar-refractivity contribution in [2.45, 2.75) is 12.0 Å². The molecule has 1 aromatic carbocycles. The first-order chi connectivity index (χ1) is 7.67. The highest BCUT2D eigenvalue weighted by Gasteiger charge is 2.34. The molecule has 1 fully saturated rings. The van der Waals surface area contributed by atoms with Gasteiger partial charge in [-0.1, -0.05) is 0 Å². The van der Waals surface area contributed by atoms with Crippen LogP contribution in [0.15, 0.2) is 24.3 Å². The lowest BCUT2D eigenvalue weighted by Gasteiger charge is -2.20. The Hall–Kier alpha value is -1.73. The van der Waals surface area contributed by atoms with E-state index in [9.17, 15) is 0 Å². The molecule has 1 aliphatic rings. The van der Waals surface area contributed by atoms with Crippen molar-refractivity contribution >= 4 is 5.69 Å². The fourth-order valence-electron chi connectivity index (χ4n) is 1.94. The summed E-state index contributed by atoms with van der Waals surface area (Å²) in [5.41, 5.74) is 6.31. The van der Waals surface area contributed by atoms with Gasteiger partial charge in [0.1, 0.15) is 11.3 Å². The number of nitrogens with two attached hydrogens (primary N) is 1. The number of rotatable bonds is 2. The highest BCUT2D eigenvalue weighted by atomic mass is 16.5. The number of ether oxygens (including phenoxy) is 1. The van der Waals surface area contributed by atoms with Crippen LogP contribution in [0.25, 0.3) is 0 Å². The lowest BCUT2D eigenvalue weighted by Crippen LogP contribution is -2.41. The molecule has 0 radical (unpaired) electrons. The highest BCUT2D eigenvalue weighted by molar-refractivity contribution is 5.51. The summed E-state index contributed by atoms with van der Waals surface area (Å²) in [4.78, 5) is 2.13. The third-order valence-corrected chi connectivity index (χ3v) is 2.96. The fourth-order valence-corrected chi connectivity index (χ4v) is 1.94.